The molecule has 0 saturated carbocycles. The van der Waals surface area contributed by atoms with Gasteiger partial charge in [0.05, 0.1) is 0 Å². The Bertz CT molecular complexity index is 1160. The van der Waals surface area contributed by atoms with Crippen molar-refractivity contribution in [2.24, 2.45) is 0 Å². The van der Waals surface area contributed by atoms with Crippen LogP contribution in [0.1, 0.15) is 16.8 Å². The van der Waals surface area contributed by atoms with Crippen LogP contribution >= 0.6 is 0 Å². The van der Waals surface area contributed by atoms with Crippen LogP contribution in [0.5, 0.6) is 11.5 Å². The van der Waals surface area contributed by atoms with Crippen molar-refractivity contribution in [2.45, 2.75) is 26.4 Å². The molecule has 0 radical (unpaired) electrons. The number of hydrogen-bond acceptors (Lipinski definition) is 6. The van der Waals surface area contributed by atoms with Crippen molar-refractivity contribution in [3.8, 4) is 22.9 Å². The average molecular weight is 421 g/mol. The van der Waals surface area contributed by atoms with E-state index in [2.05, 4.69) is 10.3 Å². The third-order valence-electron chi connectivity index (χ3n) is 5.09. The van der Waals surface area contributed by atoms with Gasteiger partial charge in [0.15, 0.2) is 11.5 Å². The molecule has 2 aromatic carbocycles. The number of ether oxygens (including phenoxy) is 2. The molecule has 4 rings (SSSR count). The lowest BCUT2D eigenvalue weighted by atomic mass is 10.1. The number of fused-ring (bicyclic) bond motifs is 1. The van der Waals surface area contributed by atoms with Crippen LogP contribution in [0.2, 0.25) is 0 Å². The molecular formula is C23H23N3O5. The molecular weight excluding hydrogens is 398 g/mol. The first-order valence-corrected chi connectivity index (χ1v) is 9.98. The first kappa shape index (κ1) is 20.6. The van der Waals surface area contributed by atoms with E-state index in [1.54, 1.807) is 13.0 Å². The second kappa shape index (κ2) is 9.01. The first-order chi connectivity index (χ1) is 15.1. The summed E-state index contributed by atoms with van der Waals surface area (Å²) in [6, 6.07) is 14.7. The summed E-state index contributed by atoms with van der Waals surface area (Å²) in [5, 5.41) is 12.2. The van der Waals surface area contributed by atoms with E-state index in [-0.39, 0.29) is 44.4 Å². The number of amides is 1. The Morgan fingerprint density at radius 1 is 1.16 bits per heavy atom. The van der Waals surface area contributed by atoms with Crippen molar-refractivity contribution in [1.29, 1.82) is 0 Å². The van der Waals surface area contributed by atoms with Crippen molar-refractivity contribution in [3.05, 3.63) is 75.7 Å². The second-order valence-corrected chi connectivity index (χ2v) is 7.19. The highest BCUT2D eigenvalue weighted by Gasteiger charge is 2.18. The van der Waals surface area contributed by atoms with E-state index in [1.165, 1.54) is 4.57 Å². The highest BCUT2D eigenvalue weighted by Crippen LogP contribution is 2.32. The Morgan fingerprint density at radius 3 is 2.71 bits per heavy atom. The number of carbonyl (C=O) groups excluding carboxylic acids is 1. The molecule has 1 aliphatic rings. The van der Waals surface area contributed by atoms with Crippen LogP contribution in [0.4, 0.5) is 0 Å². The van der Waals surface area contributed by atoms with Crippen molar-refractivity contribution in [2.75, 3.05) is 13.4 Å². The lowest BCUT2D eigenvalue weighted by molar-refractivity contribution is -0.121. The van der Waals surface area contributed by atoms with Crippen LogP contribution in [-0.2, 0) is 24.3 Å². The van der Waals surface area contributed by atoms with Crippen molar-refractivity contribution < 1.29 is 19.4 Å². The average Bonchev–Trinajstić information content (AvgIpc) is 3.25. The van der Waals surface area contributed by atoms with E-state index in [0.717, 1.165) is 11.1 Å². The van der Waals surface area contributed by atoms with E-state index >= 15 is 0 Å². The lowest BCUT2D eigenvalue weighted by Crippen LogP contribution is -2.35. The number of rotatable bonds is 7. The summed E-state index contributed by atoms with van der Waals surface area (Å²) in [6.45, 7) is 1.86. The van der Waals surface area contributed by atoms with Crippen LogP contribution in [-0.4, -0.2) is 34.0 Å². The van der Waals surface area contributed by atoms with E-state index in [4.69, 9.17) is 9.47 Å². The van der Waals surface area contributed by atoms with Crippen LogP contribution in [0.15, 0.2) is 53.3 Å². The van der Waals surface area contributed by atoms with Crippen LogP contribution in [0, 0.1) is 6.92 Å². The van der Waals surface area contributed by atoms with Gasteiger partial charge in [-0.1, -0.05) is 36.4 Å². The van der Waals surface area contributed by atoms with Gasteiger partial charge < -0.3 is 19.9 Å². The van der Waals surface area contributed by atoms with Crippen molar-refractivity contribution >= 4 is 5.91 Å². The molecule has 0 unspecified atom stereocenters. The standard InChI is InChI=1S/C23H23N3O5/c1-15-18(9-10-27)23(29)26(22(25-15)17-5-3-2-4-6-17)13-21(28)24-12-16-7-8-19-20(11-16)31-14-30-19/h2-8,11,27H,9-10,12-14H2,1H3,(H,24,28). The Balaban J connectivity index is 1.58. The topological polar surface area (TPSA) is 103 Å². The third-order valence-corrected chi connectivity index (χ3v) is 5.09. The molecule has 1 aromatic heterocycles. The highest BCUT2D eigenvalue weighted by molar-refractivity contribution is 5.76. The number of aryl methyl sites for hydroxylation is 1. The van der Waals surface area contributed by atoms with Gasteiger partial charge in [-0.2, -0.15) is 0 Å². The summed E-state index contributed by atoms with van der Waals surface area (Å²) in [4.78, 5) is 30.4. The summed E-state index contributed by atoms with van der Waals surface area (Å²) in [5.41, 5.74) is 2.23. The summed E-state index contributed by atoms with van der Waals surface area (Å²) >= 11 is 0. The molecule has 3 aromatic rings. The largest absolute Gasteiger partial charge is 0.454 e. The third kappa shape index (κ3) is 4.44. The number of nitrogens with zero attached hydrogens (tertiary/aromatic N) is 2. The number of aliphatic hydroxyl groups is 1. The minimum Gasteiger partial charge on any atom is -0.454 e. The van der Waals surface area contributed by atoms with Gasteiger partial charge in [0.25, 0.3) is 5.56 Å². The van der Waals surface area contributed by atoms with Gasteiger partial charge in [0.1, 0.15) is 12.4 Å². The summed E-state index contributed by atoms with van der Waals surface area (Å²) in [6.07, 6.45) is 0.186. The van der Waals surface area contributed by atoms with E-state index in [9.17, 15) is 14.7 Å². The fraction of sp³-hybridized carbons (Fsp3) is 0.261. The molecule has 0 atom stereocenters. The summed E-state index contributed by atoms with van der Waals surface area (Å²) in [7, 11) is 0. The van der Waals surface area contributed by atoms with Gasteiger partial charge >= 0.3 is 0 Å². The van der Waals surface area contributed by atoms with E-state index in [0.29, 0.717) is 28.6 Å². The minimum absolute atomic E-state index is 0.168. The zero-order chi connectivity index (χ0) is 21.8. The van der Waals surface area contributed by atoms with Gasteiger partial charge in [-0.3, -0.25) is 14.2 Å². The van der Waals surface area contributed by atoms with E-state index in [1.807, 2.05) is 42.5 Å². The highest BCUT2D eigenvalue weighted by atomic mass is 16.7. The number of aromatic nitrogens is 2. The molecule has 8 nitrogen and oxygen atoms in total. The second-order valence-electron chi connectivity index (χ2n) is 7.19. The molecule has 1 aliphatic heterocycles. The molecule has 0 spiro atoms. The Morgan fingerprint density at radius 2 is 1.94 bits per heavy atom. The normalized spacial score (nSPS) is 12.1. The number of carbonyl (C=O) groups is 1. The van der Waals surface area contributed by atoms with Crippen LogP contribution < -0.4 is 20.3 Å². The van der Waals surface area contributed by atoms with Crippen LogP contribution in [0.25, 0.3) is 11.4 Å². The number of aliphatic hydroxyl groups excluding tert-OH is 1. The molecule has 8 heteroatoms. The SMILES string of the molecule is Cc1nc(-c2ccccc2)n(CC(=O)NCc2ccc3c(c2)OCO3)c(=O)c1CCO. The first-order valence-electron chi connectivity index (χ1n) is 9.98. The number of benzene rings is 2. The smallest absolute Gasteiger partial charge is 0.257 e. The van der Waals surface area contributed by atoms with Gasteiger partial charge in [-0.15, -0.1) is 0 Å². The quantitative estimate of drug-likeness (QED) is 0.603. The Hall–Kier alpha value is -3.65. The molecule has 0 aliphatic carbocycles. The minimum atomic E-state index is -0.322. The fourth-order valence-electron chi connectivity index (χ4n) is 3.51. The molecule has 2 N–H and O–H groups in total. The van der Waals surface area contributed by atoms with Gasteiger partial charge in [-0.05, 0) is 24.6 Å². The predicted molar refractivity (Wildman–Crippen MR) is 114 cm³/mol. The monoisotopic (exact) mass is 421 g/mol. The van der Waals surface area contributed by atoms with Gasteiger partial charge in [0.2, 0.25) is 12.7 Å². The molecule has 160 valence electrons. The molecule has 0 bridgehead atoms. The van der Waals surface area contributed by atoms with Crippen LogP contribution in [0.3, 0.4) is 0 Å². The molecule has 2 heterocycles. The summed E-state index contributed by atoms with van der Waals surface area (Å²) < 4.78 is 12.0. The maximum atomic E-state index is 13.1. The van der Waals surface area contributed by atoms with Crippen molar-refractivity contribution in [1.82, 2.24) is 14.9 Å². The molecule has 0 fully saturated rings. The summed E-state index contributed by atoms with van der Waals surface area (Å²) in [5.74, 6) is 1.42. The van der Waals surface area contributed by atoms with Gasteiger partial charge in [-0.25, -0.2) is 4.98 Å². The zero-order valence-corrected chi connectivity index (χ0v) is 17.1. The molecule has 0 saturated heterocycles. The van der Waals surface area contributed by atoms with Gasteiger partial charge in [0, 0.05) is 36.4 Å². The molecule has 31 heavy (non-hydrogen) atoms. The maximum Gasteiger partial charge on any atom is 0.257 e. The zero-order valence-electron chi connectivity index (χ0n) is 17.1. The fourth-order valence-corrected chi connectivity index (χ4v) is 3.51. The molecule has 1 amide bonds. The number of nitrogens with one attached hydrogen (secondary N) is 1. The Kier molecular flexibility index (Phi) is 5.99. The lowest BCUT2D eigenvalue weighted by Gasteiger charge is -2.16. The van der Waals surface area contributed by atoms with Crippen molar-refractivity contribution in [3.63, 3.8) is 0 Å². The Labute approximate surface area is 179 Å². The number of hydrogen-bond donors (Lipinski definition) is 2. The maximum absolute atomic E-state index is 13.1. The van der Waals surface area contributed by atoms with E-state index < -0.39 is 0 Å². The predicted octanol–water partition coefficient (Wildman–Crippen LogP) is 1.80.